The third-order valence-electron chi connectivity index (χ3n) is 2.69. The normalized spacial score (nSPS) is 11.3. The zero-order chi connectivity index (χ0) is 13.2. The van der Waals surface area contributed by atoms with Crippen molar-refractivity contribution in [1.29, 1.82) is 0 Å². The average Bonchev–Trinajstić information content (AvgIpc) is 2.97. The Morgan fingerprint density at radius 3 is 2.95 bits per heavy atom. The maximum Gasteiger partial charge on any atom is 0.234 e. The average molecular weight is 386 g/mol. The van der Waals surface area contributed by atoms with Gasteiger partial charge >= 0.3 is 0 Å². The Bertz CT molecular complexity index is 709. The fourth-order valence-corrected chi connectivity index (χ4v) is 3.47. The van der Waals surface area contributed by atoms with Crippen molar-refractivity contribution in [2.45, 2.75) is 6.42 Å². The molecular formula is C12H11IN4OS. The summed E-state index contributed by atoms with van der Waals surface area (Å²) in [5.41, 5.74) is 1.14. The lowest BCUT2D eigenvalue weighted by atomic mass is 10.2. The van der Waals surface area contributed by atoms with Gasteiger partial charge in [-0.15, -0.1) is 10.2 Å². The Morgan fingerprint density at radius 1 is 1.32 bits per heavy atom. The molecule has 19 heavy (non-hydrogen) atoms. The number of methoxy groups -OCH3 is 1. The van der Waals surface area contributed by atoms with Crippen molar-refractivity contribution in [3.05, 3.63) is 33.7 Å². The smallest absolute Gasteiger partial charge is 0.234 e. The van der Waals surface area contributed by atoms with E-state index < -0.39 is 0 Å². The molecule has 2 heterocycles. The minimum Gasteiger partial charge on any atom is -0.384 e. The molecule has 0 aliphatic carbocycles. The minimum absolute atomic E-state index is 0.622. The lowest BCUT2D eigenvalue weighted by Crippen LogP contribution is -2.01. The van der Waals surface area contributed by atoms with Crippen LogP contribution in [0.2, 0.25) is 0 Å². The van der Waals surface area contributed by atoms with Crippen LogP contribution < -0.4 is 0 Å². The zero-order valence-electron chi connectivity index (χ0n) is 10.2. The summed E-state index contributed by atoms with van der Waals surface area (Å²) in [5, 5.41) is 13.9. The van der Waals surface area contributed by atoms with Crippen LogP contribution >= 0.6 is 33.9 Å². The first-order valence-corrected chi connectivity index (χ1v) is 7.64. The molecule has 0 saturated heterocycles. The first-order valence-electron chi connectivity index (χ1n) is 5.74. The molecule has 0 fully saturated rings. The molecule has 0 aliphatic rings. The topological polar surface area (TPSA) is 52.3 Å². The maximum absolute atomic E-state index is 5.07. The molecule has 98 valence electrons. The number of hydrogen-bond donors (Lipinski definition) is 0. The molecular weight excluding hydrogens is 375 g/mol. The Kier molecular flexibility index (Phi) is 3.76. The molecule has 0 bridgehead atoms. The van der Waals surface area contributed by atoms with Gasteiger partial charge in [0.05, 0.1) is 6.61 Å². The van der Waals surface area contributed by atoms with Gasteiger partial charge in [-0.2, -0.15) is 9.61 Å². The van der Waals surface area contributed by atoms with E-state index in [0.29, 0.717) is 13.0 Å². The third kappa shape index (κ3) is 2.49. The summed E-state index contributed by atoms with van der Waals surface area (Å²) < 4.78 is 8.06. The molecule has 0 atom stereocenters. The SMILES string of the molecule is COCCc1nnc2sc(-c3ccccc3I)nn12. The Morgan fingerprint density at radius 2 is 2.16 bits per heavy atom. The molecule has 3 aromatic rings. The molecule has 0 aliphatic heterocycles. The summed E-state index contributed by atoms with van der Waals surface area (Å²) in [7, 11) is 1.68. The van der Waals surface area contributed by atoms with Crippen molar-refractivity contribution in [1.82, 2.24) is 19.8 Å². The molecule has 0 N–H and O–H groups in total. The van der Waals surface area contributed by atoms with Crippen molar-refractivity contribution < 1.29 is 4.74 Å². The van der Waals surface area contributed by atoms with E-state index in [1.165, 1.54) is 3.57 Å². The summed E-state index contributed by atoms with van der Waals surface area (Å²) >= 11 is 3.87. The first kappa shape index (κ1) is 12.9. The van der Waals surface area contributed by atoms with E-state index in [-0.39, 0.29) is 0 Å². The van der Waals surface area contributed by atoms with Gasteiger partial charge in [-0.1, -0.05) is 29.5 Å². The van der Waals surface area contributed by atoms with Gasteiger partial charge in [-0.3, -0.25) is 0 Å². The highest BCUT2D eigenvalue weighted by molar-refractivity contribution is 14.1. The summed E-state index contributed by atoms with van der Waals surface area (Å²) in [6.45, 7) is 0.622. The van der Waals surface area contributed by atoms with Crippen LogP contribution in [0.3, 0.4) is 0 Å². The maximum atomic E-state index is 5.07. The summed E-state index contributed by atoms with van der Waals surface area (Å²) in [6.07, 6.45) is 0.715. The molecule has 3 rings (SSSR count). The number of fused-ring (bicyclic) bond motifs is 1. The highest BCUT2D eigenvalue weighted by atomic mass is 127. The van der Waals surface area contributed by atoms with E-state index in [0.717, 1.165) is 21.4 Å². The van der Waals surface area contributed by atoms with E-state index in [1.54, 1.807) is 18.4 Å². The van der Waals surface area contributed by atoms with Gasteiger partial charge in [-0.25, -0.2) is 0 Å². The first-order chi connectivity index (χ1) is 9.29. The van der Waals surface area contributed by atoms with Gasteiger partial charge in [0.2, 0.25) is 4.96 Å². The van der Waals surface area contributed by atoms with Crippen LogP contribution in [-0.2, 0) is 11.2 Å². The Labute approximate surface area is 127 Å². The second-order valence-corrected chi connectivity index (χ2v) is 6.06. The largest absolute Gasteiger partial charge is 0.384 e. The van der Waals surface area contributed by atoms with Crippen molar-refractivity contribution >= 4 is 38.9 Å². The summed E-state index contributed by atoms with van der Waals surface area (Å²) in [4.78, 5) is 0.820. The van der Waals surface area contributed by atoms with Gasteiger partial charge in [0, 0.05) is 22.7 Å². The van der Waals surface area contributed by atoms with E-state index in [4.69, 9.17) is 4.74 Å². The number of ether oxygens (including phenoxy) is 1. The van der Waals surface area contributed by atoms with E-state index >= 15 is 0 Å². The fraction of sp³-hybridized carbons (Fsp3) is 0.250. The van der Waals surface area contributed by atoms with E-state index in [9.17, 15) is 0 Å². The predicted octanol–water partition coefficient (Wildman–Crippen LogP) is 2.65. The highest BCUT2D eigenvalue weighted by Crippen LogP contribution is 2.29. The van der Waals surface area contributed by atoms with E-state index in [1.807, 2.05) is 16.6 Å². The molecule has 0 radical (unpaired) electrons. The third-order valence-corrected chi connectivity index (χ3v) is 4.56. The van der Waals surface area contributed by atoms with Crippen molar-refractivity contribution in [3.63, 3.8) is 0 Å². The number of benzene rings is 1. The monoisotopic (exact) mass is 386 g/mol. The Balaban J connectivity index is 2.03. The van der Waals surface area contributed by atoms with E-state index in [2.05, 4.69) is 50.0 Å². The molecule has 0 amide bonds. The van der Waals surface area contributed by atoms with Gasteiger partial charge in [0.1, 0.15) is 5.01 Å². The van der Waals surface area contributed by atoms with Crippen molar-refractivity contribution in [3.8, 4) is 10.6 Å². The van der Waals surface area contributed by atoms with Gasteiger partial charge in [-0.05, 0) is 28.7 Å². The van der Waals surface area contributed by atoms with Gasteiger partial charge < -0.3 is 4.74 Å². The van der Waals surface area contributed by atoms with Crippen LogP contribution in [-0.4, -0.2) is 33.5 Å². The number of halogens is 1. The quantitative estimate of drug-likeness (QED) is 0.647. The van der Waals surface area contributed by atoms with Crippen LogP contribution in [0, 0.1) is 3.57 Å². The number of rotatable bonds is 4. The molecule has 0 spiro atoms. The van der Waals surface area contributed by atoms with Crippen LogP contribution in [0.25, 0.3) is 15.5 Å². The van der Waals surface area contributed by atoms with Crippen LogP contribution in [0.15, 0.2) is 24.3 Å². The zero-order valence-corrected chi connectivity index (χ0v) is 13.2. The second-order valence-electron chi connectivity index (χ2n) is 3.94. The lowest BCUT2D eigenvalue weighted by molar-refractivity contribution is 0.200. The highest BCUT2D eigenvalue weighted by Gasteiger charge is 2.13. The summed E-state index contributed by atoms with van der Waals surface area (Å²) in [5.74, 6) is 0.838. The van der Waals surface area contributed by atoms with Gasteiger partial charge in [0.25, 0.3) is 0 Å². The number of hydrogen-bond acceptors (Lipinski definition) is 5. The molecule has 5 nitrogen and oxygen atoms in total. The van der Waals surface area contributed by atoms with Crippen molar-refractivity contribution in [2.75, 3.05) is 13.7 Å². The van der Waals surface area contributed by atoms with Crippen LogP contribution in [0.1, 0.15) is 5.82 Å². The molecule has 0 unspecified atom stereocenters. The standard InChI is InChI=1S/C12H11IN4OS/c1-18-7-6-10-14-15-12-17(10)16-11(19-12)8-4-2-3-5-9(8)13/h2-5H,6-7H2,1H3. The number of aromatic nitrogens is 4. The second kappa shape index (κ2) is 5.51. The number of nitrogens with zero attached hydrogens (tertiary/aromatic N) is 4. The molecule has 7 heteroatoms. The molecule has 0 saturated carbocycles. The fourth-order valence-electron chi connectivity index (χ4n) is 1.75. The molecule has 1 aromatic carbocycles. The minimum atomic E-state index is 0.622. The lowest BCUT2D eigenvalue weighted by Gasteiger charge is -1.98. The van der Waals surface area contributed by atoms with Gasteiger partial charge in [0.15, 0.2) is 5.82 Å². The predicted molar refractivity (Wildman–Crippen MR) is 82.4 cm³/mol. The summed E-state index contributed by atoms with van der Waals surface area (Å²) in [6, 6.07) is 8.19. The molecule has 2 aromatic heterocycles. The van der Waals surface area contributed by atoms with Crippen molar-refractivity contribution in [2.24, 2.45) is 0 Å². The van der Waals surface area contributed by atoms with Crippen LogP contribution in [0.5, 0.6) is 0 Å². The van der Waals surface area contributed by atoms with Crippen LogP contribution in [0.4, 0.5) is 0 Å². The Hall–Kier alpha value is -1.06.